The lowest BCUT2D eigenvalue weighted by Gasteiger charge is -2.19. The van der Waals surface area contributed by atoms with Crippen molar-refractivity contribution >= 4 is 56.1 Å². The van der Waals surface area contributed by atoms with Gasteiger partial charge in [-0.3, -0.25) is 19.3 Å². The number of carbonyl (C=O) groups is 4. The number of fused-ring (bicyclic) bond motifs is 6. The number of imide groups is 1. The first-order chi connectivity index (χ1) is 21.1. The maximum Gasteiger partial charge on any atom is 0.339 e. The average Bonchev–Trinajstić information content (AvgIpc) is 3.65. The molecule has 4 aromatic rings. The molecule has 2 aliphatic carbocycles. The number of benzene rings is 3. The van der Waals surface area contributed by atoms with Crippen LogP contribution in [0.15, 0.2) is 82.9 Å². The molecule has 1 saturated heterocycles. The third kappa shape index (κ3) is 4.57. The van der Waals surface area contributed by atoms with Gasteiger partial charge < -0.3 is 4.74 Å². The Hall–Kier alpha value is -4.50. The van der Waals surface area contributed by atoms with Crippen LogP contribution in [0.3, 0.4) is 0 Å². The van der Waals surface area contributed by atoms with Crippen LogP contribution in [0, 0.1) is 36.4 Å². The Morgan fingerprint density at radius 3 is 2.41 bits per heavy atom. The van der Waals surface area contributed by atoms with Crippen LogP contribution >= 0.6 is 15.9 Å². The second kappa shape index (κ2) is 10.6. The van der Waals surface area contributed by atoms with Gasteiger partial charge in [-0.05, 0) is 92.3 Å². The summed E-state index contributed by atoms with van der Waals surface area (Å²) in [6.45, 7) is 3.41. The summed E-state index contributed by atoms with van der Waals surface area (Å²) in [5.41, 5.74) is 4.73. The zero-order valence-corrected chi connectivity index (χ0v) is 25.4. The quantitative estimate of drug-likeness (QED) is 0.0978. The Kier molecular flexibility index (Phi) is 6.81. The Labute approximate surface area is 260 Å². The number of rotatable bonds is 6. The molecule has 1 aromatic heterocycles. The minimum atomic E-state index is -0.707. The molecule has 2 heterocycles. The van der Waals surface area contributed by atoms with Crippen molar-refractivity contribution in [1.82, 2.24) is 4.98 Å². The molecular weight excluding hydrogens is 627 g/mol. The number of Topliss-reactive ketones (excluding diaryl/α,β-unsaturated/α-hetero) is 1. The predicted octanol–water partition coefficient (Wildman–Crippen LogP) is 6.85. The van der Waals surface area contributed by atoms with Gasteiger partial charge in [-0.2, -0.15) is 0 Å². The predicted molar refractivity (Wildman–Crippen MR) is 165 cm³/mol. The normalized spacial score (nSPS) is 22.0. The SMILES string of the molecule is CC1=CC2CC1C1C(=O)N(c3ccc(-c4cc(C(=O)OCC(=O)c5ccc(F)cc5)c5cc(Br)cc(C)c5n4)cc3)C(=O)C21. The van der Waals surface area contributed by atoms with E-state index < -0.39 is 24.2 Å². The van der Waals surface area contributed by atoms with Gasteiger partial charge in [0, 0.05) is 21.0 Å². The van der Waals surface area contributed by atoms with Crippen LogP contribution in [0.2, 0.25) is 0 Å². The average molecular weight is 654 g/mol. The first-order valence-corrected chi connectivity index (χ1v) is 15.1. The minimum Gasteiger partial charge on any atom is -0.454 e. The summed E-state index contributed by atoms with van der Waals surface area (Å²) < 4.78 is 19.4. The summed E-state index contributed by atoms with van der Waals surface area (Å²) >= 11 is 3.48. The number of pyridine rings is 1. The van der Waals surface area contributed by atoms with Crippen LogP contribution in [0.1, 0.15) is 39.6 Å². The monoisotopic (exact) mass is 652 g/mol. The van der Waals surface area contributed by atoms with E-state index >= 15 is 0 Å². The van der Waals surface area contributed by atoms with Crippen molar-refractivity contribution in [3.05, 3.63) is 105 Å². The fourth-order valence-electron chi connectivity index (χ4n) is 7.01. The van der Waals surface area contributed by atoms with Gasteiger partial charge in [0.25, 0.3) is 0 Å². The molecule has 2 amide bonds. The van der Waals surface area contributed by atoms with Crippen LogP contribution in [-0.4, -0.2) is 35.2 Å². The van der Waals surface area contributed by atoms with Gasteiger partial charge in [0.1, 0.15) is 5.82 Å². The lowest BCUT2D eigenvalue weighted by atomic mass is 9.82. The van der Waals surface area contributed by atoms with Gasteiger partial charge in [0.15, 0.2) is 12.4 Å². The highest BCUT2D eigenvalue weighted by Crippen LogP contribution is 2.56. The van der Waals surface area contributed by atoms with E-state index in [2.05, 4.69) is 22.0 Å². The molecule has 1 saturated carbocycles. The van der Waals surface area contributed by atoms with Gasteiger partial charge in [-0.1, -0.05) is 39.7 Å². The summed E-state index contributed by atoms with van der Waals surface area (Å²) in [7, 11) is 0. The summed E-state index contributed by atoms with van der Waals surface area (Å²) in [6.07, 6.45) is 3.02. The van der Waals surface area contributed by atoms with Crippen LogP contribution in [-0.2, 0) is 14.3 Å². The molecule has 4 atom stereocenters. The van der Waals surface area contributed by atoms with Crippen LogP contribution in [0.4, 0.5) is 10.1 Å². The maximum atomic E-state index is 13.4. The number of carbonyl (C=O) groups excluding carboxylic acids is 4. The smallest absolute Gasteiger partial charge is 0.339 e. The molecule has 0 radical (unpaired) electrons. The van der Waals surface area contributed by atoms with Crippen molar-refractivity contribution in [3.8, 4) is 11.3 Å². The molecule has 9 heteroatoms. The minimum absolute atomic E-state index is 0.125. The van der Waals surface area contributed by atoms with Gasteiger partial charge in [0.2, 0.25) is 11.8 Å². The molecule has 220 valence electrons. The van der Waals surface area contributed by atoms with Gasteiger partial charge in [0.05, 0.1) is 34.3 Å². The van der Waals surface area contributed by atoms with Crippen LogP contribution in [0.25, 0.3) is 22.2 Å². The van der Waals surface area contributed by atoms with E-state index in [4.69, 9.17) is 9.72 Å². The first-order valence-electron chi connectivity index (χ1n) is 14.3. The summed E-state index contributed by atoms with van der Waals surface area (Å²) in [5.74, 6) is -2.23. The van der Waals surface area contributed by atoms with Crippen molar-refractivity contribution in [2.75, 3.05) is 11.5 Å². The van der Waals surface area contributed by atoms with Crippen molar-refractivity contribution < 1.29 is 28.3 Å². The van der Waals surface area contributed by atoms with Crippen molar-refractivity contribution in [2.24, 2.45) is 23.7 Å². The van der Waals surface area contributed by atoms with E-state index in [0.29, 0.717) is 27.8 Å². The molecule has 3 aliphatic rings. The van der Waals surface area contributed by atoms with E-state index in [0.717, 1.165) is 16.5 Å². The van der Waals surface area contributed by atoms with E-state index in [1.165, 1.54) is 34.7 Å². The number of hydrogen-bond donors (Lipinski definition) is 0. The summed E-state index contributed by atoms with van der Waals surface area (Å²) in [5, 5.41) is 0.551. The Bertz CT molecular complexity index is 1940. The van der Waals surface area contributed by atoms with Gasteiger partial charge in [-0.15, -0.1) is 0 Å². The fraction of sp³-hybridized carbons (Fsp3) is 0.229. The molecule has 2 fully saturated rings. The van der Waals surface area contributed by atoms with Crippen LogP contribution < -0.4 is 4.90 Å². The molecule has 44 heavy (non-hydrogen) atoms. The highest BCUT2D eigenvalue weighted by Gasteiger charge is 2.60. The fourth-order valence-corrected chi connectivity index (χ4v) is 7.58. The molecule has 4 unspecified atom stereocenters. The molecule has 0 spiro atoms. The Balaban J connectivity index is 1.18. The van der Waals surface area contributed by atoms with E-state index in [-0.39, 0.29) is 46.6 Å². The summed E-state index contributed by atoms with van der Waals surface area (Å²) in [6, 6.07) is 17.3. The topological polar surface area (TPSA) is 93.6 Å². The summed E-state index contributed by atoms with van der Waals surface area (Å²) in [4.78, 5) is 58.9. The van der Waals surface area contributed by atoms with Gasteiger partial charge >= 0.3 is 5.97 Å². The number of aromatic nitrogens is 1. The number of allylic oxidation sites excluding steroid dienone is 2. The van der Waals surface area contributed by atoms with Crippen LogP contribution in [0.5, 0.6) is 0 Å². The number of ketones is 1. The molecule has 1 aliphatic heterocycles. The number of ether oxygens (including phenoxy) is 1. The molecular formula is C35H26BrFN2O5. The third-order valence-corrected chi connectivity index (χ3v) is 9.55. The van der Waals surface area contributed by atoms with Crippen molar-refractivity contribution in [2.45, 2.75) is 20.3 Å². The maximum absolute atomic E-state index is 13.4. The highest BCUT2D eigenvalue weighted by atomic mass is 79.9. The number of nitrogens with zero attached hydrogens (tertiary/aromatic N) is 2. The number of aryl methyl sites for hydroxylation is 1. The number of amides is 2. The standard InChI is InChI=1S/C35H26BrFN2O5/c1-17-11-21-13-25(17)31-30(21)33(41)39(34(31)42)24-9-5-19(6-10-24)28-15-27(26-14-22(36)12-18(2)32(26)38-28)35(43)44-16-29(40)20-3-7-23(37)8-4-20/h3-12,14-15,21,25,30-31H,13,16H2,1-2H3. The third-order valence-electron chi connectivity index (χ3n) is 9.09. The Morgan fingerprint density at radius 2 is 1.68 bits per heavy atom. The Morgan fingerprint density at radius 1 is 0.977 bits per heavy atom. The molecule has 7 rings (SSSR count). The molecule has 3 aromatic carbocycles. The number of hydrogen-bond acceptors (Lipinski definition) is 6. The van der Waals surface area contributed by atoms with E-state index in [1.54, 1.807) is 36.4 Å². The van der Waals surface area contributed by atoms with Crippen molar-refractivity contribution in [3.63, 3.8) is 0 Å². The van der Waals surface area contributed by atoms with Gasteiger partial charge in [-0.25, -0.2) is 14.2 Å². The highest BCUT2D eigenvalue weighted by molar-refractivity contribution is 9.10. The largest absolute Gasteiger partial charge is 0.454 e. The number of anilines is 1. The zero-order chi connectivity index (χ0) is 30.9. The first kappa shape index (κ1) is 28.3. The number of halogens is 2. The van der Waals surface area contributed by atoms with Crippen molar-refractivity contribution in [1.29, 1.82) is 0 Å². The van der Waals surface area contributed by atoms with E-state index in [9.17, 15) is 23.6 Å². The molecule has 2 bridgehead atoms. The van der Waals surface area contributed by atoms with E-state index in [1.807, 2.05) is 19.9 Å². The molecule has 7 nitrogen and oxygen atoms in total. The second-order valence-corrected chi connectivity index (χ2v) is 12.6. The molecule has 0 N–H and O–H groups in total. The lowest BCUT2D eigenvalue weighted by Crippen LogP contribution is -2.32. The second-order valence-electron chi connectivity index (χ2n) is 11.7. The number of esters is 1. The zero-order valence-electron chi connectivity index (χ0n) is 23.8. The lowest BCUT2D eigenvalue weighted by molar-refractivity contribution is -0.123.